The number of aliphatic carboxylic acids is 2. The van der Waals surface area contributed by atoms with E-state index in [0.717, 1.165) is 43.6 Å². The average molecular weight is 586 g/mol. The van der Waals surface area contributed by atoms with E-state index in [4.69, 9.17) is 10.2 Å². The maximum absolute atomic E-state index is 13.5. The number of nitrogens with zero attached hydrogens (tertiary/aromatic N) is 1. The second-order valence-corrected chi connectivity index (χ2v) is 11.9. The van der Waals surface area contributed by atoms with E-state index >= 15 is 0 Å². The predicted molar refractivity (Wildman–Crippen MR) is 151 cm³/mol. The highest BCUT2D eigenvalue weighted by Gasteiger charge is 2.29. The smallest absolute Gasteiger partial charge is 0.328 e. The minimum atomic E-state index is -3.25. The Labute approximate surface area is 238 Å². The van der Waals surface area contributed by atoms with E-state index in [1.807, 2.05) is 30.3 Å². The van der Waals surface area contributed by atoms with E-state index < -0.39 is 21.8 Å². The van der Waals surface area contributed by atoms with Gasteiger partial charge >= 0.3 is 11.9 Å². The number of hydrogen-bond donors (Lipinski definition) is 2. The Morgan fingerprint density at radius 1 is 0.805 bits per heavy atom. The lowest BCUT2D eigenvalue weighted by atomic mass is 9.76. The minimum absolute atomic E-state index is 0.0757. The zero-order chi connectivity index (χ0) is 29.8. The van der Waals surface area contributed by atoms with Gasteiger partial charge in [0.1, 0.15) is 11.6 Å². The van der Waals surface area contributed by atoms with Gasteiger partial charge in [-0.2, -0.15) is 0 Å². The van der Waals surface area contributed by atoms with Gasteiger partial charge in [-0.3, -0.25) is 0 Å². The fourth-order valence-corrected chi connectivity index (χ4v) is 6.27. The van der Waals surface area contributed by atoms with Gasteiger partial charge in [0.25, 0.3) is 0 Å². The maximum atomic E-state index is 13.5. The standard InChI is InChI=1S/C27H29F2NO2S.C4H4O4/c28-24-11-7-21(8-12-24)27(22-9-13-25(29)14-10-22)23-15-18-30(19-16-23)17-4-20-33(31,32)26-5-2-1-3-6-26;5-3(6)1-2-4(7)8/h1-3,5-14,23,27H,4,15-20H2;1-2H,(H,5,6)(H,7,8)/b;2-1+. The molecule has 0 amide bonds. The molecule has 218 valence electrons. The van der Waals surface area contributed by atoms with Crippen LogP contribution in [0.4, 0.5) is 8.78 Å². The highest BCUT2D eigenvalue weighted by molar-refractivity contribution is 7.91. The van der Waals surface area contributed by atoms with Crippen LogP contribution in [0.1, 0.15) is 36.3 Å². The van der Waals surface area contributed by atoms with Crippen LogP contribution in [0.25, 0.3) is 0 Å². The first-order valence-corrected chi connectivity index (χ1v) is 14.9. The molecule has 3 aromatic rings. The van der Waals surface area contributed by atoms with Crippen molar-refractivity contribution in [1.29, 1.82) is 0 Å². The van der Waals surface area contributed by atoms with Crippen molar-refractivity contribution < 1.29 is 37.0 Å². The maximum Gasteiger partial charge on any atom is 0.328 e. The van der Waals surface area contributed by atoms with Gasteiger partial charge in [0.05, 0.1) is 10.6 Å². The molecule has 0 radical (unpaired) electrons. The third-order valence-corrected chi connectivity index (χ3v) is 8.74. The van der Waals surface area contributed by atoms with Gasteiger partial charge < -0.3 is 15.1 Å². The highest BCUT2D eigenvalue weighted by Crippen LogP contribution is 2.38. The van der Waals surface area contributed by atoms with Crippen LogP contribution in [-0.4, -0.2) is 60.9 Å². The predicted octanol–water partition coefficient (Wildman–Crippen LogP) is 5.38. The summed E-state index contributed by atoms with van der Waals surface area (Å²) in [5.41, 5.74) is 2.07. The molecule has 4 rings (SSSR count). The summed E-state index contributed by atoms with van der Waals surface area (Å²) in [6, 6.07) is 21.8. The molecular formula is C31H33F2NO6S. The first kappa shape index (κ1) is 31.6. The molecule has 1 aliphatic heterocycles. The molecule has 10 heteroatoms. The monoisotopic (exact) mass is 585 g/mol. The molecule has 0 bridgehead atoms. The van der Waals surface area contributed by atoms with Crippen LogP contribution < -0.4 is 0 Å². The number of sulfone groups is 1. The lowest BCUT2D eigenvalue weighted by molar-refractivity contribution is -0.134. The first-order chi connectivity index (χ1) is 19.5. The molecule has 1 fully saturated rings. The third-order valence-electron chi connectivity index (χ3n) is 6.92. The first-order valence-electron chi connectivity index (χ1n) is 13.2. The molecule has 0 atom stereocenters. The quantitative estimate of drug-likeness (QED) is 0.307. The van der Waals surface area contributed by atoms with Crippen molar-refractivity contribution in [2.45, 2.75) is 30.1 Å². The third kappa shape index (κ3) is 10.2. The van der Waals surface area contributed by atoms with Gasteiger partial charge in [0, 0.05) is 18.1 Å². The molecule has 0 unspecified atom stereocenters. The number of piperidine rings is 1. The van der Waals surface area contributed by atoms with Crippen LogP contribution in [0.5, 0.6) is 0 Å². The van der Waals surface area contributed by atoms with Crippen LogP contribution in [0.2, 0.25) is 0 Å². The second-order valence-electron chi connectivity index (χ2n) is 9.76. The van der Waals surface area contributed by atoms with Crippen molar-refractivity contribution in [1.82, 2.24) is 4.90 Å². The average Bonchev–Trinajstić information content (AvgIpc) is 2.96. The van der Waals surface area contributed by atoms with Crippen molar-refractivity contribution >= 4 is 21.8 Å². The fraction of sp³-hybridized carbons (Fsp3) is 0.290. The van der Waals surface area contributed by atoms with Gasteiger partial charge in [0.2, 0.25) is 0 Å². The number of carboxylic acids is 2. The molecule has 3 aromatic carbocycles. The van der Waals surface area contributed by atoms with E-state index in [1.165, 1.54) is 24.3 Å². The summed E-state index contributed by atoms with van der Waals surface area (Å²) in [7, 11) is -3.25. The molecule has 0 aliphatic carbocycles. The van der Waals surface area contributed by atoms with Crippen molar-refractivity contribution in [2.75, 3.05) is 25.4 Å². The molecule has 7 nitrogen and oxygen atoms in total. The minimum Gasteiger partial charge on any atom is -0.478 e. The lowest BCUT2D eigenvalue weighted by Gasteiger charge is -2.36. The number of carboxylic acid groups (broad SMARTS) is 2. The summed E-state index contributed by atoms with van der Waals surface area (Å²) in [5.74, 6) is -2.48. The van der Waals surface area contributed by atoms with Gasteiger partial charge in [0.15, 0.2) is 9.84 Å². The van der Waals surface area contributed by atoms with Crippen molar-refractivity contribution in [3.8, 4) is 0 Å². The molecule has 0 spiro atoms. The van der Waals surface area contributed by atoms with Gasteiger partial charge in [-0.25, -0.2) is 26.8 Å². The SMILES string of the molecule is O=C(O)/C=C/C(=O)O.O=S(=O)(CCCN1CCC(C(c2ccc(F)cc2)c2ccc(F)cc2)CC1)c1ccccc1. The van der Waals surface area contributed by atoms with Crippen molar-refractivity contribution in [2.24, 2.45) is 5.92 Å². The number of rotatable bonds is 10. The van der Waals surface area contributed by atoms with Crippen molar-refractivity contribution in [3.05, 3.63) is 114 Å². The fourth-order valence-electron chi connectivity index (χ4n) is 4.95. The summed E-state index contributed by atoms with van der Waals surface area (Å²) in [6.45, 7) is 2.51. The largest absolute Gasteiger partial charge is 0.478 e. The van der Waals surface area contributed by atoms with Crippen LogP contribution >= 0.6 is 0 Å². The number of hydrogen-bond acceptors (Lipinski definition) is 5. The van der Waals surface area contributed by atoms with Crippen LogP contribution in [0.3, 0.4) is 0 Å². The lowest BCUT2D eigenvalue weighted by Crippen LogP contribution is -2.37. The molecule has 1 saturated heterocycles. The van der Waals surface area contributed by atoms with Crippen LogP contribution in [0.15, 0.2) is 95.9 Å². The van der Waals surface area contributed by atoms with Crippen LogP contribution in [-0.2, 0) is 19.4 Å². The Hall–Kier alpha value is -3.89. The Morgan fingerprint density at radius 2 is 1.27 bits per heavy atom. The van der Waals surface area contributed by atoms with Gasteiger partial charge in [-0.05, 0) is 92.3 Å². The van der Waals surface area contributed by atoms with E-state index in [0.29, 0.717) is 29.4 Å². The Morgan fingerprint density at radius 3 is 1.71 bits per heavy atom. The molecule has 0 saturated carbocycles. The molecule has 0 aromatic heterocycles. The summed E-state index contributed by atoms with van der Waals surface area (Å²) < 4.78 is 52.0. The highest BCUT2D eigenvalue weighted by atomic mass is 32.2. The number of halogens is 2. The normalized spacial score (nSPS) is 14.5. The number of likely N-dealkylation sites (tertiary alicyclic amines) is 1. The summed E-state index contributed by atoms with van der Waals surface area (Å²) in [6.07, 6.45) is 3.61. The molecule has 1 aliphatic rings. The Bertz CT molecular complexity index is 1340. The molecule has 2 N–H and O–H groups in total. The van der Waals surface area contributed by atoms with E-state index in [9.17, 15) is 26.8 Å². The molecule has 41 heavy (non-hydrogen) atoms. The summed E-state index contributed by atoms with van der Waals surface area (Å²) >= 11 is 0. The van der Waals surface area contributed by atoms with E-state index in [2.05, 4.69) is 4.90 Å². The van der Waals surface area contributed by atoms with E-state index in [-0.39, 0.29) is 23.3 Å². The summed E-state index contributed by atoms with van der Waals surface area (Å²) in [5, 5.41) is 15.6. The summed E-state index contributed by atoms with van der Waals surface area (Å²) in [4.78, 5) is 21.8. The molecule has 1 heterocycles. The van der Waals surface area contributed by atoms with E-state index in [1.54, 1.807) is 24.3 Å². The molecular weight excluding hydrogens is 552 g/mol. The number of benzene rings is 3. The zero-order valence-electron chi connectivity index (χ0n) is 22.4. The van der Waals surface area contributed by atoms with Gasteiger partial charge in [-0.1, -0.05) is 42.5 Å². The van der Waals surface area contributed by atoms with Gasteiger partial charge in [-0.15, -0.1) is 0 Å². The zero-order valence-corrected chi connectivity index (χ0v) is 23.2. The number of carbonyl (C=O) groups is 2. The van der Waals surface area contributed by atoms with Crippen molar-refractivity contribution in [3.63, 3.8) is 0 Å². The topological polar surface area (TPSA) is 112 Å². The second kappa shape index (κ2) is 15.2. The van der Waals surface area contributed by atoms with Crippen LogP contribution in [0, 0.1) is 17.6 Å². The Balaban J connectivity index is 0.000000507. The Kier molecular flexibility index (Phi) is 11.7.